The molecule has 0 rings (SSSR count). The normalized spacial score (nSPS) is 13.8. The van der Waals surface area contributed by atoms with Crippen LogP contribution in [-0.2, 0) is 65.4 Å². The van der Waals surface area contributed by atoms with Crippen LogP contribution in [0, 0.1) is 5.92 Å². The van der Waals surface area contributed by atoms with Crippen molar-refractivity contribution in [2.45, 2.75) is 470 Å². The number of phosphoric ester groups is 2. The number of esters is 4. The lowest BCUT2D eigenvalue weighted by Crippen LogP contribution is -2.30. The Kier molecular flexibility index (Phi) is 75.4. The van der Waals surface area contributed by atoms with E-state index in [1.165, 1.54) is 276 Å². The Morgan fingerprint density at radius 2 is 0.447 bits per heavy atom. The van der Waals surface area contributed by atoms with Gasteiger partial charge < -0.3 is 33.8 Å². The molecule has 0 aromatic carbocycles. The van der Waals surface area contributed by atoms with Crippen molar-refractivity contribution < 1.29 is 80.2 Å². The van der Waals surface area contributed by atoms with Gasteiger partial charge in [-0.3, -0.25) is 37.3 Å². The van der Waals surface area contributed by atoms with Gasteiger partial charge in [0.05, 0.1) is 26.4 Å². The molecule has 0 saturated carbocycles. The Balaban J connectivity index is 5.20. The molecule has 0 spiro atoms. The van der Waals surface area contributed by atoms with Gasteiger partial charge in [-0.2, -0.15) is 0 Å². The predicted molar refractivity (Wildman–Crippen MR) is 423 cm³/mol. The van der Waals surface area contributed by atoms with E-state index in [4.69, 9.17) is 37.0 Å². The molecule has 0 aliphatic rings. The van der Waals surface area contributed by atoms with E-state index in [0.29, 0.717) is 25.7 Å². The first-order chi connectivity index (χ1) is 50.0. The van der Waals surface area contributed by atoms with E-state index in [1.807, 2.05) is 0 Å². The standard InChI is InChI=1S/C84H164O17P2/c1-6-9-12-15-18-21-23-25-27-28-29-33-36-40-43-48-53-58-63-68-82(87)95-74-80(101-84(89)70-65-60-55-50-45-41-37-34-31-30-32-35-38-42-47-51-56-61-66-77(4)5)76-99-103(92,93)97-72-78(85)71-96-102(90,91)98-75-79(73-94-81(86)67-62-57-52-46-20-17-14-11-8-3)100-83(88)69-64-59-54-49-44-39-26-24-22-19-16-13-10-7-2/h77-80,85H,6-76H2,1-5H3,(H,90,91)(H,92,93)/t78-,79+,80+/m0/s1. The Labute approximate surface area is 632 Å². The van der Waals surface area contributed by atoms with Gasteiger partial charge in [0.15, 0.2) is 12.2 Å². The van der Waals surface area contributed by atoms with Crippen molar-refractivity contribution in [1.82, 2.24) is 0 Å². The molecule has 0 fully saturated rings. The summed E-state index contributed by atoms with van der Waals surface area (Å²) in [5.41, 5.74) is 0. The Hall–Kier alpha value is -1.94. The number of phosphoric acid groups is 2. The third-order valence-electron chi connectivity index (χ3n) is 19.8. The van der Waals surface area contributed by atoms with Gasteiger partial charge in [-0.05, 0) is 31.6 Å². The van der Waals surface area contributed by atoms with Crippen molar-refractivity contribution >= 4 is 39.5 Å². The molecule has 0 aromatic heterocycles. The zero-order chi connectivity index (χ0) is 75.5. The fourth-order valence-electron chi connectivity index (χ4n) is 13.1. The van der Waals surface area contributed by atoms with Gasteiger partial charge in [-0.25, -0.2) is 9.13 Å². The minimum atomic E-state index is -4.96. The highest BCUT2D eigenvalue weighted by Gasteiger charge is 2.30. The molecule has 0 aliphatic carbocycles. The predicted octanol–water partition coefficient (Wildman–Crippen LogP) is 25.6. The SMILES string of the molecule is CCCCCCCCCCCCCCCCCCCCCC(=O)OC[C@H](COP(=O)(O)OC[C@@H](O)COP(=O)(O)OC[C@@H](COC(=O)CCCCCCCCCCC)OC(=O)CCCCCCCCCCCCCCCC)OC(=O)CCCCCCCCCCCCCCCCCCCCC(C)C. The monoisotopic (exact) mass is 1510 g/mol. The maximum Gasteiger partial charge on any atom is 0.472 e. The van der Waals surface area contributed by atoms with Gasteiger partial charge in [0.1, 0.15) is 19.3 Å². The fourth-order valence-corrected chi connectivity index (χ4v) is 14.7. The lowest BCUT2D eigenvalue weighted by molar-refractivity contribution is -0.161. The molecule has 103 heavy (non-hydrogen) atoms. The molecule has 0 saturated heterocycles. The molecule has 19 heteroatoms. The van der Waals surface area contributed by atoms with Crippen LogP contribution in [0.3, 0.4) is 0 Å². The lowest BCUT2D eigenvalue weighted by Gasteiger charge is -2.21. The highest BCUT2D eigenvalue weighted by atomic mass is 31.2. The molecule has 0 bridgehead atoms. The summed E-state index contributed by atoms with van der Waals surface area (Å²) in [6, 6.07) is 0. The van der Waals surface area contributed by atoms with Crippen molar-refractivity contribution in [1.29, 1.82) is 0 Å². The first-order valence-electron chi connectivity index (χ1n) is 43.6. The molecule has 612 valence electrons. The summed E-state index contributed by atoms with van der Waals surface area (Å²) in [7, 11) is -9.92. The number of carbonyl (C=O) groups excluding carboxylic acids is 4. The zero-order valence-electron chi connectivity index (χ0n) is 67.5. The Bertz CT molecular complexity index is 1960. The van der Waals surface area contributed by atoms with Gasteiger partial charge in [0.25, 0.3) is 0 Å². The van der Waals surface area contributed by atoms with Crippen LogP contribution in [0.25, 0.3) is 0 Å². The second-order valence-electron chi connectivity index (χ2n) is 30.7. The number of unbranched alkanes of at least 4 members (excludes halogenated alkanes) is 56. The van der Waals surface area contributed by atoms with E-state index in [0.717, 1.165) is 95.8 Å². The summed E-state index contributed by atoms with van der Waals surface area (Å²) in [6.45, 7) is 7.37. The molecule has 5 atom stereocenters. The Morgan fingerprint density at radius 3 is 0.660 bits per heavy atom. The highest BCUT2D eigenvalue weighted by molar-refractivity contribution is 7.47. The Morgan fingerprint density at radius 1 is 0.262 bits per heavy atom. The topological polar surface area (TPSA) is 237 Å². The number of ether oxygens (including phenoxy) is 4. The fraction of sp³-hybridized carbons (Fsp3) is 0.952. The van der Waals surface area contributed by atoms with Crippen molar-refractivity contribution in [2.24, 2.45) is 5.92 Å². The third-order valence-corrected chi connectivity index (χ3v) is 21.7. The molecule has 17 nitrogen and oxygen atoms in total. The van der Waals surface area contributed by atoms with Gasteiger partial charge in [-0.15, -0.1) is 0 Å². The van der Waals surface area contributed by atoms with E-state index in [-0.39, 0.29) is 25.7 Å². The number of rotatable bonds is 84. The number of hydrogen-bond donors (Lipinski definition) is 3. The van der Waals surface area contributed by atoms with E-state index in [2.05, 4.69) is 34.6 Å². The van der Waals surface area contributed by atoms with Crippen LogP contribution in [0.2, 0.25) is 0 Å². The number of aliphatic hydroxyl groups is 1. The summed E-state index contributed by atoms with van der Waals surface area (Å²) in [5, 5.41) is 10.7. The number of hydrogen-bond acceptors (Lipinski definition) is 15. The summed E-state index contributed by atoms with van der Waals surface area (Å²) in [6.07, 6.45) is 69.5. The number of aliphatic hydroxyl groups excluding tert-OH is 1. The van der Waals surface area contributed by atoms with Crippen molar-refractivity contribution in [3.63, 3.8) is 0 Å². The first-order valence-corrected chi connectivity index (χ1v) is 46.6. The molecule has 2 unspecified atom stereocenters. The van der Waals surface area contributed by atoms with E-state index >= 15 is 0 Å². The summed E-state index contributed by atoms with van der Waals surface area (Å²) >= 11 is 0. The molecular formula is C84H164O17P2. The molecule has 0 aromatic rings. The van der Waals surface area contributed by atoms with Gasteiger partial charge in [0.2, 0.25) is 0 Å². The third kappa shape index (κ3) is 78.0. The summed E-state index contributed by atoms with van der Waals surface area (Å²) in [4.78, 5) is 73.1. The minimum Gasteiger partial charge on any atom is -0.462 e. The number of carbonyl (C=O) groups is 4. The second-order valence-corrected chi connectivity index (χ2v) is 33.6. The largest absolute Gasteiger partial charge is 0.472 e. The van der Waals surface area contributed by atoms with Gasteiger partial charge in [0, 0.05) is 25.7 Å². The molecule has 0 radical (unpaired) electrons. The van der Waals surface area contributed by atoms with Crippen molar-refractivity contribution in [2.75, 3.05) is 39.6 Å². The van der Waals surface area contributed by atoms with Gasteiger partial charge >= 0.3 is 39.5 Å². The molecule has 3 N–H and O–H groups in total. The molecule has 0 aliphatic heterocycles. The maximum atomic E-state index is 13.1. The van der Waals surface area contributed by atoms with Crippen molar-refractivity contribution in [3.8, 4) is 0 Å². The maximum absolute atomic E-state index is 13.1. The van der Waals surface area contributed by atoms with Crippen LogP contribution in [0.1, 0.15) is 452 Å². The summed E-state index contributed by atoms with van der Waals surface area (Å²) < 4.78 is 68.8. The van der Waals surface area contributed by atoms with E-state index < -0.39 is 97.5 Å². The second kappa shape index (κ2) is 76.8. The van der Waals surface area contributed by atoms with Gasteiger partial charge in [-0.1, -0.05) is 401 Å². The quantitative estimate of drug-likeness (QED) is 0.0222. The highest BCUT2D eigenvalue weighted by Crippen LogP contribution is 2.45. The van der Waals surface area contributed by atoms with E-state index in [9.17, 15) is 43.2 Å². The molecule has 0 heterocycles. The van der Waals surface area contributed by atoms with Crippen LogP contribution in [0.15, 0.2) is 0 Å². The van der Waals surface area contributed by atoms with Crippen LogP contribution < -0.4 is 0 Å². The summed E-state index contributed by atoms with van der Waals surface area (Å²) in [5.74, 6) is -1.28. The average Bonchev–Trinajstić information content (AvgIpc) is 0.907. The van der Waals surface area contributed by atoms with Crippen LogP contribution in [-0.4, -0.2) is 96.7 Å². The lowest BCUT2D eigenvalue weighted by atomic mass is 10.0. The zero-order valence-corrected chi connectivity index (χ0v) is 69.3. The van der Waals surface area contributed by atoms with Crippen LogP contribution in [0.5, 0.6) is 0 Å². The average molecular weight is 1510 g/mol. The molecule has 0 amide bonds. The van der Waals surface area contributed by atoms with Crippen molar-refractivity contribution in [3.05, 3.63) is 0 Å². The minimum absolute atomic E-state index is 0.108. The first kappa shape index (κ1) is 101. The van der Waals surface area contributed by atoms with E-state index in [1.54, 1.807) is 0 Å². The van der Waals surface area contributed by atoms with Crippen LogP contribution >= 0.6 is 15.6 Å². The molecular weight excluding hydrogens is 1340 g/mol. The van der Waals surface area contributed by atoms with Crippen LogP contribution in [0.4, 0.5) is 0 Å². The smallest absolute Gasteiger partial charge is 0.462 e.